The molecule has 3 nitrogen and oxygen atoms in total. The van der Waals surface area contributed by atoms with Crippen molar-refractivity contribution in [3.8, 4) is 22.6 Å². The van der Waals surface area contributed by atoms with Gasteiger partial charge in [0.25, 0.3) is 0 Å². The van der Waals surface area contributed by atoms with E-state index < -0.39 is 0 Å². The molecule has 0 fully saturated rings. The molecule has 0 amide bonds. The highest BCUT2D eigenvalue weighted by Crippen LogP contribution is 2.43. The number of hydrogen-bond donors (Lipinski definition) is 1. The lowest BCUT2D eigenvalue weighted by atomic mass is 10.0. The van der Waals surface area contributed by atoms with Gasteiger partial charge in [-0.1, -0.05) is 0 Å². The molecule has 0 aliphatic rings. The van der Waals surface area contributed by atoms with Crippen LogP contribution in [0.25, 0.3) is 11.1 Å². The molecular formula is C14H17NO2S. The number of thiophene rings is 1. The average molecular weight is 263 g/mol. The molecule has 2 aromatic rings. The SMILES string of the molecule is COc1ccc(-c2c(N)sc(C)c2C)c(OC)c1. The number of methoxy groups -OCH3 is 2. The van der Waals surface area contributed by atoms with Gasteiger partial charge in [-0.25, -0.2) is 0 Å². The van der Waals surface area contributed by atoms with Crippen LogP contribution in [0, 0.1) is 13.8 Å². The van der Waals surface area contributed by atoms with Crippen LogP contribution in [0.2, 0.25) is 0 Å². The smallest absolute Gasteiger partial charge is 0.130 e. The highest BCUT2D eigenvalue weighted by molar-refractivity contribution is 7.16. The molecule has 1 aromatic carbocycles. The van der Waals surface area contributed by atoms with Gasteiger partial charge in [0.15, 0.2) is 0 Å². The zero-order valence-corrected chi connectivity index (χ0v) is 11.9. The largest absolute Gasteiger partial charge is 0.497 e. The van der Waals surface area contributed by atoms with Crippen LogP contribution in [0.1, 0.15) is 10.4 Å². The number of benzene rings is 1. The van der Waals surface area contributed by atoms with E-state index in [0.29, 0.717) is 0 Å². The lowest BCUT2D eigenvalue weighted by molar-refractivity contribution is 0.395. The normalized spacial score (nSPS) is 10.4. The maximum absolute atomic E-state index is 6.10. The molecule has 0 aliphatic carbocycles. The first kappa shape index (κ1) is 12.8. The maximum atomic E-state index is 6.10. The van der Waals surface area contributed by atoms with Crippen molar-refractivity contribution < 1.29 is 9.47 Å². The van der Waals surface area contributed by atoms with E-state index in [0.717, 1.165) is 27.6 Å². The first-order chi connectivity index (χ1) is 8.58. The summed E-state index contributed by atoms with van der Waals surface area (Å²) in [5.74, 6) is 1.56. The van der Waals surface area contributed by atoms with Crippen molar-refractivity contribution in [2.45, 2.75) is 13.8 Å². The molecule has 2 rings (SSSR count). The van der Waals surface area contributed by atoms with Gasteiger partial charge in [-0.15, -0.1) is 11.3 Å². The van der Waals surface area contributed by atoms with Gasteiger partial charge in [0.2, 0.25) is 0 Å². The van der Waals surface area contributed by atoms with Crippen LogP contribution in [-0.2, 0) is 0 Å². The van der Waals surface area contributed by atoms with Crippen LogP contribution in [0.4, 0.5) is 5.00 Å². The monoisotopic (exact) mass is 263 g/mol. The van der Waals surface area contributed by atoms with Gasteiger partial charge in [-0.2, -0.15) is 0 Å². The quantitative estimate of drug-likeness (QED) is 0.919. The standard InChI is InChI=1S/C14H17NO2S/c1-8-9(2)18-14(15)13(8)11-6-5-10(16-3)7-12(11)17-4/h5-7H,15H2,1-4H3. The molecular weight excluding hydrogens is 246 g/mol. The third kappa shape index (κ3) is 2.04. The molecule has 0 saturated heterocycles. The summed E-state index contributed by atoms with van der Waals surface area (Å²) >= 11 is 1.61. The molecule has 2 N–H and O–H groups in total. The van der Waals surface area contributed by atoms with E-state index in [-0.39, 0.29) is 0 Å². The fourth-order valence-electron chi connectivity index (χ4n) is 1.99. The van der Waals surface area contributed by atoms with Gasteiger partial charge in [-0.05, 0) is 31.5 Å². The van der Waals surface area contributed by atoms with E-state index in [2.05, 4.69) is 13.8 Å². The Morgan fingerprint density at radius 3 is 2.33 bits per heavy atom. The highest BCUT2D eigenvalue weighted by atomic mass is 32.1. The van der Waals surface area contributed by atoms with Crippen molar-refractivity contribution in [1.82, 2.24) is 0 Å². The molecule has 0 bridgehead atoms. The molecule has 0 aliphatic heterocycles. The highest BCUT2D eigenvalue weighted by Gasteiger charge is 2.16. The predicted octanol–water partition coefficient (Wildman–Crippen LogP) is 3.63. The Morgan fingerprint density at radius 2 is 1.83 bits per heavy atom. The molecule has 18 heavy (non-hydrogen) atoms. The summed E-state index contributed by atoms with van der Waals surface area (Å²) in [5, 5.41) is 0.827. The molecule has 0 unspecified atom stereocenters. The number of nitrogens with two attached hydrogens (primary N) is 1. The van der Waals surface area contributed by atoms with Crippen LogP contribution < -0.4 is 15.2 Å². The Hall–Kier alpha value is -1.68. The Kier molecular flexibility index (Phi) is 3.48. The predicted molar refractivity (Wildman–Crippen MR) is 76.7 cm³/mol. The van der Waals surface area contributed by atoms with E-state index in [9.17, 15) is 0 Å². The number of ether oxygens (including phenoxy) is 2. The number of aryl methyl sites for hydroxylation is 1. The molecule has 4 heteroatoms. The van der Waals surface area contributed by atoms with Crippen LogP contribution in [-0.4, -0.2) is 14.2 Å². The molecule has 0 spiro atoms. The number of hydrogen-bond acceptors (Lipinski definition) is 4. The van der Waals surface area contributed by atoms with Crippen LogP contribution in [0.3, 0.4) is 0 Å². The Balaban J connectivity index is 2.63. The van der Waals surface area contributed by atoms with Gasteiger partial charge in [0.05, 0.1) is 19.2 Å². The third-order valence-electron chi connectivity index (χ3n) is 3.09. The zero-order valence-electron chi connectivity index (χ0n) is 11.0. The molecule has 1 aromatic heterocycles. The molecule has 96 valence electrons. The summed E-state index contributed by atoms with van der Waals surface area (Å²) in [6.45, 7) is 4.16. The Labute approximate surface area is 111 Å². The van der Waals surface area contributed by atoms with Crippen LogP contribution in [0.5, 0.6) is 11.5 Å². The first-order valence-electron chi connectivity index (χ1n) is 5.66. The van der Waals surface area contributed by atoms with E-state index in [4.69, 9.17) is 15.2 Å². The lowest BCUT2D eigenvalue weighted by Crippen LogP contribution is -1.93. The van der Waals surface area contributed by atoms with E-state index in [1.165, 1.54) is 10.4 Å². The van der Waals surface area contributed by atoms with Gasteiger partial charge in [0, 0.05) is 22.1 Å². The fraction of sp³-hybridized carbons (Fsp3) is 0.286. The van der Waals surface area contributed by atoms with Crippen LogP contribution in [0.15, 0.2) is 18.2 Å². The summed E-state index contributed by atoms with van der Waals surface area (Å²) in [6.07, 6.45) is 0. The topological polar surface area (TPSA) is 44.5 Å². The number of anilines is 1. The Morgan fingerprint density at radius 1 is 1.11 bits per heavy atom. The summed E-state index contributed by atoms with van der Waals surface area (Å²) in [6, 6.07) is 5.79. The number of rotatable bonds is 3. The van der Waals surface area contributed by atoms with Crippen LogP contribution >= 0.6 is 11.3 Å². The van der Waals surface area contributed by atoms with Crippen molar-refractivity contribution in [2.75, 3.05) is 20.0 Å². The van der Waals surface area contributed by atoms with Crippen molar-refractivity contribution in [3.05, 3.63) is 28.6 Å². The van der Waals surface area contributed by atoms with Gasteiger partial charge in [0.1, 0.15) is 11.5 Å². The van der Waals surface area contributed by atoms with Crippen molar-refractivity contribution in [3.63, 3.8) is 0 Å². The van der Waals surface area contributed by atoms with Gasteiger partial charge >= 0.3 is 0 Å². The second-order valence-corrected chi connectivity index (χ2v) is 5.35. The van der Waals surface area contributed by atoms with Gasteiger partial charge < -0.3 is 15.2 Å². The van der Waals surface area contributed by atoms with Crippen molar-refractivity contribution in [1.29, 1.82) is 0 Å². The van der Waals surface area contributed by atoms with E-state index >= 15 is 0 Å². The lowest BCUT2D eigenvalue weighted by Gasteiger charge is -2.11. The fourth-order valence-corrected chi connectivity index (χ4v) is 2.94. The van der Waals surface area contributed by atoms with E-state index in [1.807, 2.05) is 18.2 Å². The first-order valence-corrected chi connectivity index (χ1v) is 6.48. The summed E-state index contributed by atoms with van der Waals surface area (Å²) in [4.78, 5) is 1.24. The zero-order chi connectivity index (χ0) is 13.3. The maximum Gasteiger partial charge on any atom is 0.130 e. The summed E-state index contributed by atoms with van der Waals surface area (Å²) in [7, 11) is 3.30. The average Bonchev–Trinajstić information content (AvgIpc) is 2.62. The minimum Gasteiger partial charge on any atom is -0.497 e. The molecule has 0 atom stereocenters. The van der Waals surface area contributed by atoms with Crippen molar-refractivity contribution in [2.24, 2.45) is 0 Å². The molecule has 1 heterocycles. The minimum atomic E-state index is 0.777. The molecule has 0 radical (unpaired) electrons. The second-order valence-electron chi connectivity index (χ2n) is 4.09. The second kappa shape index (κ2) is 4.90. The van der Waals surface area contributed by atoms with Gasteiger partial charge in [-0.3, -0.25) is 0 Å². The molecule has 0 saturated carbocycles. The number of nitrogen functional groups attached to an aromatic ring is 1. The Bertz CT molecular complexity index is 575. The summed E-state index contributed by atoms with van der Waals surface area (Å²) in [5.41, 5.74) is 9.39. The minimum absolute atomic E-state index is 0.777. The van der Waals surface area contributed by atoms with Crippen molar-refractivity contribution >= 4 is 16.3 Å². The third-order valence-corrected chi connectivity index (χ3v) is 4.13. The summed E-state index contributed by atoms with van der Waals surface area (Å²) < 4.78 is 10.6. The van der Waals surface area contributed by atoms with E-state index in [1.54, 1.807) is 25.6 Å².